The Bertz CT molecular complexity index is 650. The second kappa shape index (κ2) is 8.70. The Hall–Kier alpha value is -1.14. The number of carbonyl (C=O) groups is 1. The van der Waals surface area contributed by atoms with Gasteiger partial charge in [0.15, 0.2) is 0 Å². The molecule has 4 aliphatic rings. The zero-order chi connectivity index (χ0) is 20.5. The van der Waals surface area contributed by atoms with Crippen molar-refractivity contribution < 1.29 is 9.53 Å². The van der Waals surface area contributed by atoms with Crippen LogP contribution in [0.15, 0.2) is 5.38 Å². The number of amides is 1. The summed E-state index contributed by atoms with van der Waals surface area (Å²) in [5.74, 6) is 2.43. The largest absolute Gasteiger partial charge is 0.450 e. The van der Waals surface area contributed by atoms with Crippen LogP contribution in [0.1, 0.15) is 64.1 Å². The Labute approximate surface area is 174 Å². The molecule has 0 aromatic carbocycles. The summed E-state index contributed by atoms with van der Waals surface area (Å²) in [7, 11) is 0. The van der Waals surface area contributed by atoms with Crippen molar-refractivity contribution in [3.05, 3.63) is 16.1 Å². The highest BCUT2D eigenvalue weighted by Gasteiger charge is 2.61. The van der Waals surface area contributed by atoms with Crippen LogP contribution < -0.4 is 0 Å². The summed E-state index contributed by atoms with van der Waals surface area (Å²) in [6, 6.07) is 0.750. The zero-order valence-electron chi connectivity index (χ0n) is 18.4. The quantitative estimate of drug-likeness (QED) is 0.724. The summed E-state index contributed by atoms with van der Waals surface area (Å²) in [5, 5.41) is 3.46. The Morgan fingerprint density at radius 2 is 1.82 bits per heavy atom. The smallest absolute Gasteiger partial charge is 0.409 e. The van der Waals surface area contributed by atoms with Gasteiger partial charge in [-0.1, -0.05) is 27.7 Å². The molecule has 0 N–H and O–H groups in total. The van der Waals surface area contributed by atoms with Crippen molar-refractivity contribution in [1.82, 2.24) is 14.8 Å². The molecule has 158 valence electrons. The molecule has 3 heterocycles. The molecule has 1 aromatic heterocycles. The van der Waals surface area contributed by atoms with Gasteiger partial charge in [-0.05, 0) is 38.5 Å². The average Bonchev–Trinajstić information content (AvgIpc) is 2.98. The summed E-state index contributed by atoms with van der Waals surface area (Å²) in [4.78, 5) is 21.0. The predicted molar refractivity (Wildman–Crippen MR) is 115 cm³/mol. The molecular weight excluding hydrogens is 370 g/mol. The molecule has 5 rings (SSSR count). The van der Waals surface area contributed by atoms with Gasteiger partial charge in [-0.25, -0.2) is 9.78 Å². The number of aromatic nitrogens is 1. The molecule has 1 amide bonds. The molecule has 1 spiro atoms. The van der Waals surface area contributed by atoms with Crippen LogP contribution in [-0.2, 0) is 4.74 Å². The first kappa shape index (κ1) is 21.6. The summed E-state index contributed by atoms with van der Waals surface area (Å²) in [5.41, 5.74) is 1.76. The third-order valence-electron chi connectivity index (χ3n) is 6.63. The second-order valence-electron chi connectivity index (χ2n) is 8.22. The Morgan fingerprint density at radius 1 is 1.21 bits per heavy atom. The summed E-state index contributed by atoms with van der Waals surface area (Å²) in [6.07, 6.45) is 2.40. The van der Waals surface area contributed by atoms with Crippen molar-refractivity contribution in [3.63, 3.8) is 0 Å². The molecule has 2 saturated carbocycles. The molecule has 28 heavy (non-hydrogen) atoms. The summed E-state index contributed by atoms with van der Waals surface area (Å²) in [6.45, 7) is 16.8. The van der Waals surface area contributed by atoms with Crippen molar-refractivity contribution in [3.8, 4) is 0 Å². The van der Waals surface area contributed by atoms with Gasteiger partial charge in [0.25, 0.3) is 0 Å². The van der Waals surface area contributed by atoms with E-state index in [1.807, 2.05) is 39.5 Å². The van der Waals surface area contributed by atoms with Crippen LogP contribution in [-0.4, -0.2) is 59.7 Å². The predicted octanol–water partition coefficient (Wildman–Crippen LogP) is 4.77. The van der Waals surface area contributed by atoms with Gasteiger partial charge in [-0.2, -0.15) is 0 Å². The number of ether oxygens (including phenoxy) is 1. The normalized spacial score (nSPS) is 29.5. The van der Waals surface area contributed by atoms with E-state index in [1.165, 1.54) is 36.6 Å². The Kier molecular flexibility index (Phi) is 6.70. The third kappa shape index (κ3) is 3.82. The monoisotopic (exact) mass is 407 g/mol. The lowest BCUT2D eigenvalue weighted by atomic mass is 9.60. The van der Waals surface area contributed by atoms with Crippen LogP contribution in [0, 0.1) is 24.2 Å². The van der Waals surface area contributed by atoms with E-state index in [0.29, 0.717) is 12.0 Å². The number of thiazole rings is 1. The molecule has 4 fully saturated rings. The van der Waals surface area contributed by atoms with Gasteiger partial charge in [0.2, 0.25) is 0 Å². The van der Waals surface area contributed by atoms with Gasteiger partial charge < -0.3 is 9.64 Å². The molecule has 2 saturated heterocycles. The first-order chi connectivity index (χ1) is 13.6. The van der Waals surface area contributed by atoms with Crippen LogP contribution in [0.25, 0.3) is 0 Å². The minimum Gasteiger partial charge on any atom is -0.450 e. The first-order valence-electron chi connectivity index (χ1n) is 11.2. The highest BCUT2D eigenvalue weighted by Crippen LogP contribution is 2.60. The Balaban J connectivity index is 0.000000531. The van der Waals surface area contributed by atoms with E-state index >= 15 is 0 Å². The number of aryl methyl sites for hydroxylation is 1. The third-order valence-corrected chi connectivity index (χ3v) is 7.42. The number of rotatable bonds is 3. The van der Waals surface area contributed by atoms with E-state index in [0.717, 1.165) is 36.9 Å². The summed E-state index contributed by atoms with van der Waals surface area (Å²) >= 11 is 1.78. The first-order valence-corrected chi connectivity index (χ1v) is 12.0. The lowest BCUT2D eigenvalue weighted by molar-refractivity contribution is -0.0973. The van der Waals surface area contributed by atoms with Gasteiger partial charge in [-0.3, -0.25) is 4.90 Å². The van der Waals surface area contributed by atoms with E-state index in [4.69, 9.17) is 9.72 Å². The van der Waals surface area contributed by atoms with Crippen LogP contribution >= 0.6 is 11.3 Å². The fraction of sp³-hybridized carbons (Fsp3) is 0.818. The van der Waals surface area contributed by atoms with Gasteiger partial charge in [0, 0.05) is 48.9 Å². The van der Waals surface area contributed by atoms with Crippen molar-refractivity contribution in [2.75, 3.05) is 32.8 Å². The van der Waals surface area contributed by atoms with E-state index in [9.17, 15) is 4.79 Å². The number of hydrogen-bond donors (Lipinski definition) is 0. The molecular formula is C22H37N3O2S. The SMILES string of the molecule is CC.CC.CCOC(=O)N1CC2(CC(N3CC4C(C3)C4c3csc(C)n3)C2)C1. The maximum Gasteiger partial charge on any atom is 0.409 e. The van der Waals surface area contributed by atoms with Crippen molar-refractivity contribution in [2.45, 2.75) is 66.3 Å². The molecule has 0 bridgehead atoms. The molecule has 6 heteroatoms. The van der Waals surface area contributed by atoms with E-state index in [2.05, 4.69) is 17.2 Å². The van der Waals surface area contributed by atoms with E-state index in [-0.39, 0.29) is 6.09 Å². The summed E-state index contributed by atoms with van der Waals surface area (Å²) < 4.78 is 5.08. The number of carbonyl (C=O) groups excluding carboxylic acids is 1. The fourth-order valence-corrected chi connectivity index (χ4v) is 6.05. The molecule has 2 atom stereocenters. The lowest BCUT2D eigenvalue weighted by Crippen LogP contribution is -2.67. The van der Waals surface area contributed by atoms with Gasteiger partial charge in [0.1, 0.15) is 0 Å². The van der Waals surface area contributed by atoms with Crippen molar-refractivity contribution in [2.24, 2.45) is 17.3 Å². The molecule has 5 nitrogen and oxygen atoms in total. The molecule has 2 aliphatic heterocycles. The molecule has 1 aromatic rings. The van der Waals surface area contributed by atoms with Gasteiger partial charge in [-0.15, -0.1) is 11.3 Å². The topological polar surface area (TPSA) is 45.7 Å². The highest BCUT2D eigenvalue weighted by molar-refractivity contribution is 7.09. The van der Waals surface area contributed by atoms with Crippen molar-refractivity contribution in [1.29, 1.82) is 0 Å². The minimum absolute atomic E-state index is 0.129. The van der Waals surface area contributed by atoms with E-state index < -0.39 is 0 Å². The molecule has 2 unspecified atom stereocenters. The Morgan fingerprint density at radius 3 is 2.32 bits per heavy atom. The molecule has 2 aliphatic carbocycles. The average molecular weight is 408 g/mol. The zero-order valence-corrected chi connectivity index (χ0v) is 19.2. The van der Waals surface area contributed by atoms with E-state index in [1.54, 1.807) is 11.3 Å². The molecule has 0 radical (unpaired) electrons. The van der Waals surface area contributed by atoms with Crippen LogP contribution in [0.3, 0.4) is 0 Å². The van der Waals surface area contributed by atoms with Gasteiger partial charge >= 0.3 is 6.09 Å². The highest BCUT2D eigenvalue weighted by atomic mass is 32.1. The minimum atomic E-state index is -0.129. The number of likely N-dealkylation sites (tertiary alicyclic amines) is 2. The van der Waals surface area contributed by atoms with Crippen LogP contribution in [0.5, 0.6) is 0 Å². The van der Waals surface area contributed by atoms with Crippen LogP contribution in [0.4, 0.5) is 4.79 Å². The number of nitrogens with zero attached hydrogens (tertiary/aromatic N) is 3. The van der Waals surface area contributed by atoms with Gasteiger partial charge in [0.05, 0.1) is 17.3 Å². The fourth-order valence-electron chi connectivity index (χ4n) is 5.39. The maximum atomic E-state index is 11.7. The maximum absolute atomic E-state index is 11.7. The second-order valence-corrected chi connectivity index (χ2v) is 9.28. The number of piperidine rings is 1. The van der Waals surface area contributed by atoms with Crippen LogP contribution in [0.2, 0.25) is 0 Å². The standard InChI is InChI=1S/C18H25N3O2S.2C2H6/c1-3-23-17(22)21-9-18(10-21)4-12(5-18)20-6-13-14(7-20)16(13)15-8-24-11(2)19-15;2*1-2/h8,12-14,16H,3-7,9-10H2,1-2H3;2*1-2H3. The number of hydrogen-bond acceptors (Lipinski definition) is 5. The lowest BCUT2D eigenvalue weighted by Gasteiger charge is -2.60. The van der Waals surface area contributed by atoms with Crippen molar-refractivity contribution >= 4 is 17.4 Å². The number of fused-ring (bicyclic) bond motifs is 1.